The van der Waals surface area contributed by atoms with E-state index >= 15 is 0 Å². The highest BCUT2D eigenvalue weighted by Crippen LogP contribution is 2.10. The second kappa shape index (κ2) is 8.48. The summed E-state index contributed by atoms with van der Waals surface area (Å²) < 4.78 is 4.59. The molecule has 0 saturated carbocycles. The molecule has 0 saturated heterocycles. The fourth-order valence-corrected chi connectivity index (χ4v) is 3.14. The monoisotopic (exact) mass is 349 g/mol. The third-order valence-electron chi connectivity index (χ3n) is 4.59. The van der Waals surface area contributed by atoms with E-state index in [9.17, 15) is 4.79 Å². The molecule has 0 atom stereocenters. The van der Waals surface area contributed by atoms with E-state index in [2.05, 4.69) is 52.7 Å². The number of imidazole rings is 1. The van der Waals surface area contributed by atoms with Crippen LogP contribution in [-0.4, -0.2) is 15.6 Å². The summed E-state index contributed by atoms with van der Waals surface area (Å²) in [4.78, 5) is 11.0. The van der Waals surface area contributed by atoms with Gasteiger partial charge >= 0.3 is 5.97 Å². The van der Waals surface area contributed by atoms with Gasteiger partial charge < -0.3 is 5.11 Å². The fraction of sp³-hybridized carbons (Fsp3) is 0.273. The van der Waals surface area contributed by atoms with Crippen LogP contribution in [0.15, 0.2) is 67.0 Å². The third-order valence-corrected chi connectivity index (χ3v) is 4.59. The first-order valence-electron chi connectivity index (χ1n) is 9.11. The third kappa shape index (κ3) is 4.39. The molecule has 0 aliphatic rings. The second-order valence-corrected chi connectivity index (χ2v) is 6.56. The molecular formula is C22H25N2O2+. The maximum atomic E-state index is 11.0. The van der Waals surface area contributed by atoms with Crippen molar-refractivity contribution < 1.29 is 14.5 Å². The predicted molar refractivity (Wildman–Crippen MR) is 101 cm³/mol. The molecule has 1 aromatic heterocycles. The van der Waals surface area contributed by atoms with E-state index in [1.165, 1.54) is 11.4 Å². The predicted octanol–water partition coefficient (Wildman–Crippen LogP) is 3.91. The average molecular weight is 349 g/mol. The van der Waals surface area contributed by atoms with E-state index in [0.29, 0.717) is 5.56 Å². The van der Waals surface area contributed by atoms with Gasteiger partial charge in [0, 0.05) is 6.42 Å². The van der Waals surface area contributed by atoms with E-state index in [1.54, 1.807) is 12.1 Å². The van der Waals surface area contributed by atoms with Crippen LogP contribution in [0.25, 0.3) is 0 Å². The van der Waals surface area contributed by atoms with Gasteiger partial charge in [0.05, 0.1) is 5.56 Å². The Morgan fingerprint density at radius 2 is 1.77 bits per heavy atom. The summed E-state index contributed by atoms with van der Waals surface area (Å²) in [5.41, 5.74) is 2.72. The topological polar surface area (TPSA) is 46.1 Å². The molecule has 0 spiro atoms. The van der Waals surface area contributed by atoms with Gasteiger partial charge in [-0.25, -0.2) is 13.9 Å². The molecule has 2 aromatic carbocycles. The lowest BCUT2D eigenvalue weighted by Gasteiger charge is -2.06. The van der Waals surface area contributed by atoms with Gasteiger partial charge in [-0.15, -0.1) is 0 Å². The van der Waals surface area contributed by atoms with Crippen molar-refractivity contribution in [3.05, 3.63) is 89.5 Å². The summed E-state index contributed by atoms with van der Waals surface area (Å²) in [6.07, 6.45) is 7.60. The number of hydrogen-bond acceptors (Lipinski definition) is 1. The van der Waals surface area contributed by atoms with Crippen molar-refractivity contribution in [2.24, 2.45) is 0 Å². The number of carbonyl (C=O) groups is 1. The Balaban J connectivity index is 1.82. The van der Waals surface area contributed by atoms with E-state index in [0.717, 1.165) is 37.9 Å². The molecule has 0 fully saturated rings. The van der Waals surface area contributed by atoms with Crippen molar-refractivity contribution in [3.8, 4) is 0 Å². The van der Waals surface area contributed by atoms with Crippen LogP contribution in [0, 0.1) is 0 Å². The molecular weight excluding hydrogens is 324 g/mol. The Kier molecular flexibility index (Phi) is 5.84. The first kappa shape index (κ1) is 17.9. The lowest BCUT2D eigenvalue weighted by Crippen LogP contribution is -2.38. The molecule has 4 heteroatoms. The number of rotatable bonds is 8. The van der Waals surface area contributed by atoms with Crippen molar-refractivity contribution in [2.75, 3.05) is 0 Å². The number of hydrogen-bond donors (Lipinski definition) is 1. The summed E-state index contributed by atoms with van der Waals surface area (Å²) in [6.45, 7) is 3.82. The average Bonchev–Trinajstić information content (AvgIpc) is 3.02. The number of carboxylic acid groups (broad SMARTS) is 1. The van der Waals surface area contributed by atoms with Crippen LogP contribution in [0.2, 0.25) is 0 Å². The van der Waals surface area contributed by atoms with Gasteiger partial charge in [-0.2, -0.15) is 0 Å². The molecule has 4 nitrogen and oxygen atoms in total. The first-order valence-corrected chi connectivity index (χ1v) is 9.11. The standard InChI is InChI=1S/C22H24N2O2/c1-2-3-9-21-23(16-18-7-5-4-6-8-18)14-15-24(21)17-19-10-12-20(13-11-19)22(25)26/h4-8,10-15H,2-3,9,16-17H2,1H3/p+1. The molecule has 0 radical (unpaired) electrons. The molecule has 0 aliphatic heterocycles. The van der Waals surface area contributed by atoms with Crippen LogP contribution in [0.5, 0.6) is 0 Å². The van der Waals surface area contributed by atoms with Gasteiger partial charge in [0.1, 0.15) is 25.5 Å². The van der Waals surface area contributed by atoms with E-state index in [1.807, 2.05) is 18.2 Å². The normalized spacial score (nSPS) is 10.8. The molecule has 3 rings (SSSR count). The Hall–Kier alpha value is -2.88. The number of aromatic carboxylic acids is 1. The van der Waals surface area contributed by atoms with Crippen LogP contribution in [0.4, 0.5) is 0 Å². The molecule has 134 valence electrons. The number of unbranched alkanes of at least 4 members (excludes halogenated alkanes) is 1. The van der Waals surface area contributed by atoms with Gasteiger partial charge in [-0.3, -0.25) is 0 Å². The van der Waals surface area contributed by atoms with Crippen molar-refractivity contribution >= 4 is 5.97 Å². The minimum atomic E-state index is -0.887. The summed E-state index contributed by atoms with van der Waals surface area (Å²) >= 11 is 0. The zero-order chi connectivity index (χ0) is 18.4. The van der Waals surface area contributed by atoms with Gasteiger partial charge in [0.15, 0.2) is 0 Å². The molecule has 0 amide bonds. The van der Waals surface area contributed by atoms with E-state index in [-0.39, 0.29) is 0 Å². The molecule has 26 heavy (non-hydrogen) atoms. The molecule has 1 heterocycles. The maximum Gasteiger partial charge on any atom is 0.335 e. The molecule has 0 bridgehead atoms. The molecule has 0 aliphatic carbocycles. The smallest absolute Gasteiger partial charge is 0.335 e. The van der Waals surface area contributed by atoms with Gasteiger partial charge in [0.2, 0.25) is 0 Å². The number of carboxylic acids is 1. The van der Waals surface area contributed by atoms with Crippen molar-refractivity contribution in [2.45, 2.75) is 39.3 Å². The lowest BCUT2D eigenvalue weighted by atomic mass is 10.1. The zero-order valence-corrected chi connectivity index (χ0v) is 15.1. The Labute approximate surface area is 154 Å². The highest BCUT2D eigenvalue weighted by molar-refractivity contribution is 5.87. The van der Waals surface area contributed by atoms with E-state index < -0.39 is 5.97 Å². The zero-order valence-electron chi connectivity index (χ0n) is 15.1. The maximum absolute atomic E-state index is 11.0. The summed E-state index contributed by atoms with van der Waals surface area (Å²) in [6, 6.07) is 17.6. The van der Waals surface area contributed by atoms with Crippen LogP contribution < -0.4 is 4.57 Å². The van der Waals surface area contributed by atoms with Gasteiger partial charge in [-0.05, 0) is 29.7 Å². The summed E-state index contributed by atoms with van der Waals surface area (Å²) in [5.74, 6) is 0.417. The van der Waals surface area contributed by atoms with Crippen molar-refractivity contribution in [1.82, 2.24) is 4.57 Å². The van der Waals surface area contributed by atoms with Gasteiger partial charge in [0.25, 0.3) is 5.82 Å². The first-order chi connectivity index (χ1) is 12.7. The highest BCUT2D eigenvalue weighted by Gasteiger charge is 2.17. The highest BCUT2D eigenvalue weighted by atomic mass is 16.4. The molecule has 3 aromatic rings. The van der Waals surface area contributed by atoms with Crippen molar-refractivity contribution in [3.63, 3.8) is 0 Å². The fourth-order valence-electron chi connectivity index (χ4n) is 3.14. The largest absolute Gasteiger partial charge is 0.478 e. The quantitative estimate of drug-likeness (QED) is 0.627. The summed E-state index contributed by atoms with van der Waals surface area (Å²) in [5, 5.41) is 9.04. The van der Waals surface area contributed by atoms with Crippen molar-refractivity contribution in [1.29, 1.82) is 0 Å². The lowest BCUT2D eigenvalue weighted by molar-refractivity contribution is -0.695. The number of nitrogens with zero attached hydrogens (tertiary/aromatic N) is 2. The Morgan fingerprint density at radius 1 is 1.04 bits per heavy atom. The second-order valence-electron chi connectivity index (χ2n) is 6.56. The van der Waals surface area contributed by atoms with Crippen LogP contribution >= 0.6 is 0 Å². The van der Waals surface area contributed by atoms with Crippen LogP contribution in [-0.2, 0) is 19.5 Å². The van der Waals surface area contributed by atoms with Gasteiger partial charge in [-0.1, -0.05) is 55.8 Å². The minimum absolute atomic E-state index is 0.326. The van der Waals surface area contributed by atoms with Crippen LogP contribution in [0.3, 0.4) is 0 Å². The summed E-state index contributed by atoms with van der Waals surface area (Å²) in [7, 11) is 0. The SMILES string of the molecule is CCCCc1n(Cc2ccc(C(=O)O)cc2)cc[n+]1Cc1ccccc1. The number of aromatic nitrogens is 2. The Morgan fingerprint density at radius 3 is 2.42 bits per heavy atom. The minimum Gasteiger partial charge on any atom is -0.478 e. The van der Waals surface area contributed by atoms with E-state index in [4.69, 9.17) is 5.11 Å². The van der Waals surface area contributed by atoms with Crippen LogP contribution in [0.1, 0.15) is 47.1 Å². The molecule has 0 unspecified atom stereocenters. The Bertz CT molecular complexity index is 852. The number of benzene rings is 2. The molecule has 1 N–H and O–H groups in total.